The number of benzene rings is 3. The first kappa shape index (κ1) is 21.5. The number of aromatic hydroxyl groups is 1. The van der Waals surface area contributed by atoms with Crippen molar-refractivity contribution in [3.8, 4) is 34.5 Å². The molecule has 3 aromatic rings. The molecule has 0 aromatic heterocycles. The summed E-state index contributed by atoms with van der Waals surface area (Å²) in [5.41, 5.74) is 1.80. The zero-order chi connectivity index (χ0) is 22.7. The van der Waals surface area contributed by atoms with Crippen LogP contribution in [0.1, 0.15) is 11.6 Å². The first-order valence-corrected chi connectivity index (χ1v) is 10.2. The van der Waals surface area contributed by atoms with Gasteiger partial charge in [-0.2, -0.15) is 0 Å². The van der Waals surface area contributed by atoms with Crippen molar-refractivity contribution in [2.45, 2.75) is 12.1 Å². The van der Waals surface area contributed by atoms with Crippen molar-refractivity contribution < 1.29 is 28.8 Å². The molecule has 1 saturated heterocycles. The lowest BCUT2D eigenvalue weighted by atomic mass is 9.90. The average Bonchev–Trinajstić information content (AvgIpc) is 2.81. The molecule has 0 radical (unpaired) electrons. The van der Waals surface area contributed by atoms with E-state index in [0.29, 0.717) is 29.5 Å². The van der Waals surface area contributed by atoms with Gasteiger partial charge in [-0.1, -0.05) is 24.3 Å². The van der Waals surface area contributed by atoms with E-state index in [9.17, 15) is 5.11 Å². The van der Waals surface area contributed by atoms with Crippen LogP contribution in [0.25, 0.3) is 0 Å². The first-order chi connectivity index (χ1) is 15.6. The van der Waals surface area contributed by atoms with Crippen LogP contribution in [0.2, 0.25) is 0 Å². The molecule has 1 N–H and O–H groups in total. The maximum atomic E-state index is 10.4. The normalized spacial score (nSPS) is 17.3. The van der Waals surface area contributed by atoms with E-state index in [4.69, 9.17) is 23.7 Å². The van der Waals surface area contributed by atoms with Crippen molar-refractivity contribution in [1.82, 2.24) is 0 Å². The van der Waals surface area contributed by atoms with Crippen LogP contribution in [0.3, 0.4) is 0 Å². The minimum atomic E-state index is -0.144. The third-order valence-corrected chi connectivity index (χ3v) is 5.62. The second-order valence-corrected chi connectivity index (χ2v) is 7.38. The SMILES string of the molecule is COc1ccc([C@@H]2[C@H](Oc3ccccc3)CN2c2cc(OC)c(OC)c(OC)c2)cc1O. The van der Waals surface area contributed by atoms with Crippen LogP contribution in [0.5, 0.6) is 34.5 Å². The maximum absolute atomic E-state index is 10.4. The molecule has 0 amide bonds. The Kier molecular flexibility index (Phi) is 6.16. The molecule has 1 fully saturated rings. The van der Waals surface area contributed by atoms with E-state index in [2.05, 4.69) is 4.90 Å². The minimum absolute atomic E-state index is 0.0835. The van der Waals surface area contributed by atoms with Gasteiger partial charge in [0.15, 0.2) is 23.0 Å². The van der Waals surface area contributed by atoms with Crippen molar-refractivity contribution in [2.24, 2.45) is 0 Å². The van der Waals surface area contributed by atoms with Crippen LogP contribution in [0.4, 0.5) is 5.69 Å². The number of hydrogen-bond acceptors (Lipinski definition) is 7. The Labute approximate surface area is 187 Å². The lowest BCUT2D eigenvalue weighted by Crippen LogP contribution is -2.56. The quantitative estimate of drug-likeness (QED) is 0.559. The van der Waals surface area contributed by atoms with Gasteiger partial charge in [0.25, 0.3) is 0 Å². The van der Waals surface area contributed by atoms with E-state index in [1.807, 2.05) is 48.5 Å². The van der Waals surface area contributed by atoms with E-state index in [0.717, 1.165) is 17.0 Å². The van der Waals surface area contributed by atoms with Gasteiger partial charge in [-0.15, -0.1) is 0 Å². The number of rotatable bonds is 8. The number of phenols is 1. The van der Waals surface area contributed by atoms with Gasteiger partial charge in [0, 0.05) is 17.8 Å². The van der Waals surface area contributed by atoms with Crippen molar-refractivity contribution in [2.75, 3.05) is 39.9 Å². The number of para-hydroxylation sites is 1. The van der Waals surface area contributed by atoms with Crippen LogP contribution >= 0.6 is 0 Å². The third-order valence-electron chi connectivity index (χ3n) is 5.62. The standard InChI is InChI=1S/C25H27NO6/c1-28-20-11-10-16(12-19(20)27)24-23(32-18-8-6-5-7-9-18)15-26(24)17-13-21(29-2)25(31-4)22(14-17)30-3/h5-14,23-24,27H,15H2,1-4H3/t23-,24-/m1/s1. The molecule has 0 bridgehead atoms. The summed E-state index contributed by atoms with van der Waals surface area (Å²) in [7, 11) is 6.30. The monoisotopic (exact) mass is 437 g/mol. The second-order valence-electron chi connectivity index (χ2n) is 7.38. The van der Waals surface area contributed by atoms with Crippen molar-refractivity contribution in [3.05, 3.63) is 66.2 Å². The Bertz CT molecular complexity index is 1050. The number of nitrogens with zero attached hydrogens (tertiary/aromatic N) is 1. The molecule has 1 aliphatic heterocycles. The molecule has 2 atom stereocenters. The zero-order valence-electron chi connectivity index (χ0n) is 18.6. The van der Waals surface area contributed by atoms with Crippen LogP contribution < -0.4 is 28.6 Å². The molecule has 0 saturated carbocycles. The Hall–Kier alpha value is -3.74. The van der Waals surface area contributed by atoms with Gasteiger partial charge >= 0.3 is 0 Å². The van der Waals surface area contributed by atoms with Crippen LogP contribution in [0, 0.1) is 0 Å². The number of anilines is 1. The second kappa shape index (κ2) is 9.18. The predicted molar refractivity (Wildman–Crippen MR) is 122 cm³/mol. The van der Waals surface area contributed by atoms with Gasteiger partial charge < -0.3 is 33.7 Å². The zero-order valence-corrected chi connectivity index (χ0v) is 18.6. The van der Waals surface area contributed by atoms with Crippen molar-refractivity contribution >= 4 is 5.69 Å². The summed E-state index contributed by atoms with van der Waals surface area (Å²) in [5.74, 6) is 2.99. The summed E-state index contributed by atoms with van der Waals surface area (Å²) in [6.45, 7) is 0.644. The van der Waals surface area contributed by atoms with E-state index < -0.39 is 0 Å². The van der Waals surface area contributed by atoms with Crippen LogP contribution in [-0.4, -0.2) is 46.2 Å². The van der Waals surface area contributed by atoms with E-state index in [1.54, 1.807) is 33.5 Å². The Morgan fingerprint density at radius 1 is 0.781 bits per heavy atom. The molecule has 168 valence electrons. The molecule has 3 aromatic carbocycles. The summed E-state index contributed by atoms with van der Waals surface area (Å²) in [6, 6.07) is 18.8. The highest BCUT2D eigenvalue weighted by Gasteiger charge is 2.43. The molecule has 0 aliphatic carbocycles. The molecule has 0 unspecified atom stereocenters. The molecule has 7 heteroatoms. The fourth-order valence-electron chi connectivity index (χ4n) is 4.03. The lowest BCUT2D eigenvalue weighted by Gasteiger charge is -2.49. The molecule has 32 heavy (non-hydrogen) atoms. The van der Waals surface area contributed by atoms with Crippen molar-refractivity contribution in [3.63, 3.8) is 0 Å². The van der Waals surface area contributed by atoms with Crippen molar-refractivity contribution in [1.29, 1.82) is 0 Å². The topological polar surface area (TPSA) is 69.6 Å². The van der Waals surface area contributed by atoms with Gasteiger partial charge in [0.05, 0.1) is 41.0 Å². The van der Waals surface area contributed by atoms with E-state index in [1.165, 1.54) is 7.11 Å². The van der Waals surface area contributed by atoms with E-state index >= 15 is 0 Å². The van der Waals surface area contributed by atoms with Gasteiger partial charge in [-0.25, -0.2) is 0 Å². The van der Waals surface area contributed by atoms with Gasteiger partial charge in [-0.05, 0) is 29.8 Å². The average molecular weight is 437 g/mol. The number of hydrogen-bond donors (Lipinski definition) is 1. The summed E-state index contributed by atoms with van der Waals surface area (Å²) in [4.78, 5) is 2.18. The summed E-state index contributed by atoms with van der Waals surface area (Å²) in [5, 5.41) is 10.4. The highest BCUT2D eigenvalue weighted by molar-refractivity contribution is 5.66. The molecule has 4 rings (SSSR count). The Morgan fingerprint density at radius 2 is 1.44 bits per heavy atom. The Morgan fingerprint density at radius 3 is 2.00 bits per heavy atom. The molecule has 1 aliphatic rings. The lowest BCUT2D eigenvalue weighted by molar-refractivity contribution is 0.115. The molecular formula is C25H27NO6. The number of phenolic OH excluding ortho intramolecular Hbond substituents is 1. The number of methoxy groups -OCH3 is 4. The summed E-state index contributed by atoms with van der Waals surface area (Å²) < 4.78 is 28.0. The molecule has 1 heterocycles. The van der Waals surface area contributed by atoms with Gasteiger partial charge in [-0.3, -0.25) is 0 Å². The molecule has 7 nitrogen and oxygen atoms in total. The van der Waals surface area contributed by atoms with Gasteiger partial charge in [0.2, 0.25) is 5.75 Å². The summed E-state index contributed by atoms with van der Waals surface area (Å²) >= 11 is 0. The fraction of sp³-hybridized carbons (Fsp3) is 0.280. The third kappa shape index (κ3) is 3.93. The van der Waals surface area contributed by atoms with Gasteiger partial charge in [0.1, 0.15) is 11.9 Å². The Balaban J connectivity index is 1.72. The van der Waals surface area contributed by atoms with Crippen LogP contribution in [0.15, 0.2) is 60.7 Å². The van der Waals surface area contributed by atoms with E-state index in [-0.39, 0.29) is 17.9 Å². The highest BCUT2D eigenvalue weighted by Crippen LogP contribution is 2.47. The predicted octanol–water partition coefficient (Wildman–Crippen LogP) is 4.44. The molecular weight excluding hydrogens is 410 g/mol. The maximum Gasteiger partial charge on any atom is 0.203 e. The van der Waals surface area contributed by atoms with Crippen LogP contribution in [-0.2, 0) is 0 Å². The summed E-state index contributed by atoms with van der Waals surface area (Å²) in [6.07, 6.45) is -0.121. The molecule has 0 spiro atoms. The first-order valence-electron chi connectivity index (χ1n) is 10.2. The number of ether oxygens (including phenoxy) is 5. The smallest absolute Gasteiger partial charge is 0.203 e. The fourth-order valence-corrected chi connectivity index (χ4v) is 4.03. The minimum Gasteiger partial charge on any atom is -0.504 e. The highest BCUT2D eigenvalue weighted by atomic mass is 16.5. The largest absolute Gasteiger partial charge is 0.504 e.